The van der Waals surface area contributed by atoms with Crippen LogP contribution in [-0.4, -0.2) is 54.2 Å². The van der Waals surface area contributed by atoms with E-state index in [1.54, 1.807) is 17.0 Å². The number of hydrogen-bond acceptors (Lipinski definition) is 3. The summed E-state index contributed by atoms with van der Waals surface area (Å²) in [7, 11) is 0. The van der Waals surface area contributed by atoms with Crippen LogP contribution in [0.3, 0.4) is 0 Å². The van der Waals surface area contributed by atoms with E-state index in [1.165, 1.54) is 10.5 Å². The molecule has 112 valence electrons. The van der Waals surface area contributed by atoms with Crippen molar-refractivity contribution < 1.29 is 14.4 Å². The highest BCUT2D eigenvalue weighted by Gasteiger charge is 2.25. The van der Waals surface area contributed by atoms with Crippen molar-refractivity contribution in [3.63, 3.8) is 0 Å². The van der Waals surface area contributed by atoms with E-state index in [0.717, 1.165) is 12.8 Å². The first-order chi connectivity index (χ1) is 10.1. The number of rotatable bonds is 3. The van der Waals surface area contributed by atoms with Crippen LogP contribution in [-0.2, 0) is 20.8 Å². The van der Waals surface area contributed by atoms with E-state index in [-0.39, 0.29) is 0 Å². The van der Waals surface area contributed by atoms with E-state index in [2.05, 4.69) is 12.2 Å². The maximum Gasteiger partial charge on any atom is 0.313 e. The van der Waals surface area contributed by atoms with Gasteiger partial charge in [0.15, 0.2) is 0 Å². The standard InChI is InChI=1S/C15H19N3O3/c1-2-12-3-5-13(6-4-12)16-14(20)15(21)18-9-7-17(11-19)8-10-18/h3-6,11H,2,7-10H2,1H3,(H,16,20). The molecule has 1 heterocycles. The van der Waals surface area contributed by atoms with Gasteiger partial charge in [-0.2, -0.15) is 0 Å². The number of anilines is 1. The highest BCUT2D eigenvalue weighted by Crippen LogP contribution is 2.10. The highest BCUT2D eigenvalue weighted by atomic mass is 16.2. The molecule has 1 aromatic carbocycles. The molecular weight excluding hydrogens is 270 g/mol. The molecule has 3 amide bonds. The van der Waals surface area contributed by atoms with Gasteiger partial charge in [0.25, 0.3) is 0 Å². The van der Waals surface area contributed by atoms with Gasteiger partial charge < -0.3 is 15.1 Å². The first-order valence-electron chi connectivity index (χ1n) is 7.02. The summed E-state index contributed by atoms with van der Waals surface area (Å²) < 4.78 is 0. The largest absolute Gasteiger partial charge is 0.342 e. The van der Waals surface area contributed by atoms with Crippen molar-refractivity contribution in [1.82, 2.24) is 9.80 Å². The Morgan fingerprint density at radius 2 is 1.76 bits per heavy atom. The highest BCUT2D eigenvalue weighted by molar-refractivity contribution is 6.39. The molecule has 0 atom stereocenters. The Kier molecular flexibility index (Phi) is 4.92. The molecule has 0 saturated carbocycles. The van der Waals surface area contributed by atoms with Gasteiger partial charge in [-0.15, -0.1) is 0 Å². The van der Waals surface area contributed by atoms with E-state index in [0.29, 0.717) is 31.9 Å². The molecule has 1 aliphatic heterocycles. The fourth-order valence-corrected chi connectivity index (χ4v) is 2.18. The lowest BCUT2D eigenvalue weighted by atomic mass is 10.1. The number of benzene rings is 1. The summed E-state index contributed by atoms with van der Waals surface area (Å²) in [5.74, 6) is -1.20. The van der Waals surface area contributed by atoms with Crippen molar-refractivity contribution >= 4 is 23.9 Å². The Hall–Kier alpha value is -2.37. The average molecular weight is 289 g/mol. The van der Waals surface area contributed by atoms with Crippen LogP contribution >= 0.6 is 0 Å². The lowest BCUT2D eigenvalue weighted by molar-refractivity contribution is -0.144. The SMILES string of the molecule is CCc1ccc(NC(=O)C(=O)N2CCN(C=O)CC2)cc1. The molecule has 0 unspecified atom stereocenters. The van der Waals surface area contributed by atoms with Gasteiger partial charge >= 0.3 is 11.8 Å². The molecule has 6 nitrogen and oxygen atoms in total. The maximum absolute atomic E-state index is 12.0. The van der Waals surface area contributed by atoms with Gasteiger partial charge in [-0.1, -0.05) is 19.1 Å². The van der Waals surface area contributed by atoms with Gasteiger partial charge in [-0.25, -0.2) is 0 Å². The molecule has 1 N–H and O–H groups in total. The van der Waals surface area contributed by atoms with Crippen molar-refractivity contribution in [3.05, 3.63) is 29.8 Å². The zero-order valence-corrected chi connectivity index (χ0v) is 12.0. The van der Waals surface area contributed by atoms with E-state index >= 15 is 0 Å². The van der Waals surface area contributed by atoms with E-state index in [9.17, 15) is 14.4 Å². The minimum Gasteiger partial charge on any atom is -0.342 e. The summed E-state index contributed by atoms with van der Waals surface area (Å²) in [4.78, 5) is 37.6. The maximum atomic E-state index is 12.0. The normalized spacial score (nSPS) is 14.7. The summed E-state index contributed by atoms with van der Waals surface area (Å²) in [5.41, 5.74) is 1.78. The van der Waals surface area contributed by atoms with Crippen molar-refractivity contribution in [1.29, 1.82) is 0 Å². The third-order valence-electron chi connectivity index (χ3n) is 3.56. The van der Waals surface area contributed by atoms with Crippen LogP contribution in [0.5, 0.6) is 0 Å². The van der Waals surface area contributed by atoms with Gasteiger partial charge in [0, 0.05) is 31.9 Å². The molecule has 0 aromatic heterocycles. The molecule has 0 aliphatic carbocycles. The first kappa shape index (κ1) is 15.0. The number of hydrogen-bond donors (Lipinski definition) is 1. The Labute approximate surface area is 123 Å². The van der Waals surface area contributed by atoms with E-state index < -0.39 is 11.8 Å². The monoisotopic (exact) mass is 289 g/mol. The van der Waals surface area contributed by atoms with Crippen LogP contribution in [0.1, 0.15) is 12.5 Å². The Morgan fingerprint density at radius 3 is 2.29 bits per heavy atom. The van der Waals surface area contributed by atoms with Gasteiger partial charge in [0.2, 0.25) is 6.41 Å². The molecule has 6 heteroatoms. The second kappa shape index (κ2) is 6.88. The topological polar surface area (TPSA) is 69.7 Å². The smallest absolute Gasteiger partial charge is 0.313 e. The summed E-state index contributed by atoms with van der Waals surface area (Å²) in [6.07, 6.45) is 1.69. The predicted molar refractivity (Wildman–Crippen MR) is 78.7 cm³/mol. The lowest BCUT2D eigenvalue weighted by Crippen LogP contribution is -2.51. The molecule has 1 aromatic rings. The second-order valence-corrected chi connectivity index (χ2v) is 4.94. The predicted octanol–water partition coefficient (Wildman–Crippen LogP) is 0.488. The third kappa shape index (κ3) is 3.81. The number of nitrogens with one attached hydrogen (secondary N) is 1. The number of piperazine rings is 1. The molecular formula is C15H19N3O3. The Morgan fingerprint density at radius 1 is 1.14 bits per heavy atom. The van der Waals surface area contributed by atoms with Crippen molar-refractivity contribution in [2.45, 2.75) is 13.3 Å². The van der Waals surface area contributed by atoms with Crippen LogP contribution in [0, 0.1) is 0 Å². The number of carbonyl (C=O) groups is 3. The third-order valence-corrected chi connectivity index (χ3v) is 3.56. The summed E-state index contributed by atoms with van der Waals surface area (Å²) in [5, 5.41) is 2.60. The van der Waals surface area contributed by atoms with Crippen molar-refractivity contribution in [3.8, 4) is 0 Å². The summed E-state index contributed by atoms with van der Waals surface area (Å²) in [6.45, 7) is 3.76. The molecule has 1 fully saturated rings. The van der Waals surface area contributed by atoms with E-state index in [4.69, 9.17) is 0 Å². The van der Waals surface area contributed by atoms with Crippen LogP contribution in [0.25, 0.3) is 0 Å². The zero-order chi connectivity index (χ0) is 15.2. The lowest BCUT2D eigenvalue weighted by Gasteiger charge is -2.31. The molecule has 0 spiro atoms. The van der Waals surface area contributed by atoms with Crippen molar-refractivity contribution in [2.75, 3.05) is 31.5 Å². The van der Waals surface area contributed by atoms with Gasteiger partial charge in [-0.05, 0) is 24.1 Å². The van der Waals surface area contributed by atoms with Crippen LogP contribution < -0.4 is 5.32 Å². The molecule has 0 radical (unpaired) electrons. The minimum atomic E-state index is -0.640. The first-order valence-corrected chi connectivity index (χ1v) is 7.02. The van der Waals surface area contributed by atoms with Gasteiger partial charge in [0.05, 0.1) is 0 Å². The number of aryl methyl sites for hydroxylation is 1. The Bertz CT molecular complexity index is 519. The fourth-order valence-electron chi connectivity index (χ4n) is 2.18. The van der Waals surface area contributed by atoms with Crippen LogP contribution in [0.2, 0.25) is 0 Å². The zero-order valence-electron chi connectivity index (χ0n) is 12.0. The minimum absolute atomic E-state index is 0.389. The van der Waals surface area contributed by atoms with Crippen molar-refractivity contribution in [2.24, 2.45) is 0 Å². The van der Waals surface area contributed by atoms with Crippen LogP contribution in [0.4, 0.5) is 5.69 Å². The fraction of sp³-hybridized carbons (Fsp3) is 0.400. The molecule has 1 saturated heterocycles. The molecule has 0 bridgehead atoms. The average Bonchev–Trinajstić information content (AvgIpc) is 2.55. The summed E-state index contributed by atoms with van der Waals surface area (Å²) in [6, 6.07) is 7.41. The van der Waals surface area contributed by atoms with E-state index in [1.807, 2.05) is 12.1 Å². The quantitative estimate of drug-likeness (QED) is 0.650. The molecule has 21 heavy (non-hydrogen) atoms. The second-order valence-electron chi connectivity index (χ2n) is 4.94. The molecule has 2 rings (SSSR count). The number of carbonyl (C=O) groups excluding carboxylic acids is 3. The number of nitrogens with zero attached hydrogens (tertiary/aromatic N) is 2. The Balaban J connectivity index is 1.90. The van der Waals surface area contributed by atoms with Gasteiger partial charge in [-0.3, -0.25) is 14.4 Å². The number of amides is 3. The summed E-state index contributed by atoms with van der Waals surface area (Å²) >= 11 is 0. The van der Waals surface area contributed by atoms with Crippen LogP contribution in [0.15, 0.2) is 24.3 Å². The van der Waals surface area contributed by atoms with Gasteiger partial charge in [0.1, 0.15) is 0 Å². The molecule has 1 aliphatic rings.